The molecule has 1 heterocycles. The number of benzene rings is 1. The lowest BCUT2D eigenvalue weighted by Gasteiger charge is -2.26. The van der Waals surface area contributed by atoms with Crippen molar-refractivity contribution in [1.82, 2.24) is 15.5 Å². The molecular formula is C20H31IN4O2. The second-order valence-corrected chi connectivity index (χ2v) is 6.72. The number of rotatable bonds is 8. The molecule has 2 unspecified atom stereocenters. The molecule has 0 spiro atoms. The molecule has 2 rings (SSSR count). The maximum Gasteiger partial charge on any atom is 0.191 e. The number of aliphatic imine (C=N–C) groups is 1. The Balaban J connectivity index is 0.00000364. The first kappa shape index (κ1) is 23.5. The van der Waals surface area contributed by atoms with E-state index in [1.807, 2.05) is 25.1 Å². The number of hydrogen-bond donors (Lipinski definition) is 3. The normalized spacial score (nSPS) is 15.0. The summed E-state index contributed by atoms with van der Waals surface area (Å²) in [5, 5.41) is 17.2. The van der Waals surface area contributed by atoms with E-state index in [4.69, 9.17) is 4.42 Å². The molecule has 0 aliphatic heterocycles. The molecule has 1 aromatic heterocycles. The summed E-state index contributed by atoms with van der Waals surface area (Å²) in [6, 6.07) is 14.1. The SMILES string of the molecule is CCNC(=NCC(C)(O)c1ccco1)NCC(c1ccccc1)N(C)C.I. The van der Waals surface area contributed by atoms with Crippen LogP contribution in [0.2, 0.25) is 0 Å². The lowest BCUT2D eigenvalue weighted by Crippen LogP contribution is -2.42. The van der Waals surface area contributed by atoms with E-state index in [0.29, 0.717) is 18.3 Å². The minimum absolute atomic E-state index is 0. The van der Waals surface area contributed by atoms with Gasteiger partial charge in [-0.1, -0.05) is 30.3 Å². The Labute approximate surface area is 179 Å². The molecule has 27 heavy (non-hydrogen) atoms. The van der Waals surface area contributed by atoms with Crippen LogP contribution in [0.15, 0.2) is 58.1 Å². The Bertz CT molecular complexity index is 673. The van der Waals surface area contributed by atoms with E-state index >= 15 is 0 Å². The fraction of sp³-hybridized carbons (Fsp3) is 0.450. The summed E-state index contributed by atoms with van der Waals surface area (Å²) in [6.45, 7) is 5.36. The highest BCUT2D eigenvalue weighted by Gasteiger charge is 2.26. The van der Waals surface area contributed by atoms with Crippen molar-refractivity contribution in [2.24, 2.45) is 4.99 Å². The number of nitrogens with one attached hydrogen (secondary N) is 2. The first-order valence-corrected chi connectivity index (χ1v) is 8.94. The molecule has 7 heteroatoms. The van der Waals surface area contributed by atoms with Gasteiger partial charge in [-0.25, -0.2) is 4.99 Å². The lowest BCUT2D eigenvalue weighted by atomic mass is 10.0. The Hall–Kier alpha value is -1.58. The number of furan rings is 1. The zero-order valence-corrected chi connectivity index (χ0v) is 18.8. The number of aliphatic hydroxyl groups is 1. The van der Waals surface area contributed by atoms with Gasteiger partial charge >= 0.3 is 0 Å². The summed E-state index contributed by atoms with van der Waals surface area (Å²) in [5.74, 6) is 1.18. The van der Waals surface area contributed by atoms with Gasteiger partial charge in [-0.2, -0.15) is 0 Å². The third kappa shape index (κ3) is 7.15. The van der Waals surface area contributed by atoms with E-state index in [1.54, 1.807) is 25.3 Å². The minimum Gasteiger partial charge on any atom is -0.466 e. The molecule has 0 amide bonds. The summed E-state index contributed by atoms with van der Waals surface area (Å²) < 4.78 is 5.31. The zero-order chi connectivity index (χ0) is 19.0. The molecule has 6 nitrogen and oxygen atoms in total. The highest BCUT2D eigenvalue weighted by atomic mass is 127. The van der Waals surface area contributed by atoms with Gasteiger partial charge in [0.25, 0.3) is 0 Å². The smallest absolute Gasteiger partial charge is 0.191 e. The van der Waals surface area contributed by atoms with Crippen LogP contribution in [-0.4, -0.2) is 49.7 Å². The molecule has 0 saturated heterocycles. The first-order chi connectivity index (χ1) is 12.4. The van der Waals surface area contributed by atoms with Crippen LogP contribution in [0.1, 0.15) is 31.2 Å². The predicted molar refractivity (Wildman–Crippen MR) is 121 cm³/mol. The van der Waals surface area contributed by atoms with Gasteiger partial charge in [0.1, 0.15) is 11.4 Å². The van der Waals surface area contributed by atoms with Crippen molar-refractivity contribution in [2.75, 3.05) is 33.7 Å². The number of nitrogens with zero attached hydrogens (tertiary/aromatic N) is 2. The van der Waals surface area contributed by atoms with Crippen LogP contribution in [0.25, 0.3) is 0 Å². The quantitative estimate of drug-likeness (QED) is 0.304. The Morgan fingerprint density at radius 1 is 1.19 bits per heavy atom. The summed E-state index contributed by atoms with van der Waals surface area (Å²) >= 11 is 0. The highest BCUT2D eigenvalue weighted by Crippen LogP contribution is 2.21. The van der Waals surface area contributed by atoms with Crippen LogP contribution >= 0.6 is 24.0 Å². The van der Waals surface area contributed by atoms with Gasteiger partial charge in [0.2, 0.25) is 0 Å². The highest BCUT2D eigenvalue weighted by molar-refractivity contribution is 14.0. The number of halogens is 1. The van der Waals surface area contributed by atoms with Crippen molar-refractivity contribution in [2.45, 2.75) is 25.5 Å². The van der Waals surface area contributed by atoms with Crippen molar-refractivity contribution in [3.8, 4) is 0 Å². The Morgan fingerprint density at radius 3 is 2.44 bits per heavy atom. The molecule has 2 aromatic rings. The molecule has 0 radical (unpaired) electrons. The van der Waals surface area contributed by atoms with Gasteiger partial charge in [-0.15, -0.1) is 24.0 Å². The number of likely N-dealkylation sites (N-methyl/N-ethyl adjacent to an activating group) is 1. The van der Waals surface area contributed by atoms with Crippen LogP contribution in [0.5, 0.6) is 0 Å². The minimum atomic E-state index is -1.15. The van der Waals surface area contributed by atoms with Crippen LogP contribution in [-0.2, 0) is 5.60 Å². The molecule has 3 N–H and O–H groups in total. The molecule has 0 bridgehead atoms. The third-order valence-electron chi connectivity index (χ3n) is 4.21. The van der Waals surface area contributed by atoms with Crippen LogP contribution in [0, 0.1) is 0 Å². The fourth-order valence-electron chi connectivity index (χ4n) is 2.70. The van der Waals surface area contributed by atoms with Crippen molar-refractivity contribution < 1.29 is 9.52 Å². The topological polar surface area (TPSA) is 73.0 Å². The lowest BCUT2D eigenvalue weighted by molar-refractivity contribution is 0.0437. The van der Waals surface area contributed by atoms with Crippen molar-refractivity contribution in [3.63, 3.8) is 0 Å². The fourth-order valence-corrected chi connectivity index (χ4v) is 2.70. The van der Waals surface area contributed by atoms with E-state index in [-0.39, 0.29) is 36.6 Å². The van der Waals surface area contributed by atoms with Gasteiger partial charge in [-0.3, -0.25) is 0 Å². The summed E-state index contributed by atoms with van der Waals surface area (Å²) in [6.07, 6.45) is 1.55. The van der Waals surface area contributed by atoms with Gasteiger partial charge in [0.15, 0.2) is 5.96 Å². The van der Waals surface area contributed by atoms with Crippen LogP contribution < -0.4 is 10.6 Å². The molecule has 0 aliphatic carbocycles. The third-order valence-corrected chi connectivity index (χ3v) is 4.21. The maximum absolute atomic E-state index is 10.6. The predicted octanol–water partition coefficient (Wildman–Crippen LogP) is 2.96. The molecule has 0 aliphatic rings. The average molecular weight is 486 g/mol. The summed E-state index contributed by atoms with van der Waals surface area (Å²) in [4.78, 5) is 6.70. The van der Waals surface area contributed by atoms with Crippen LogP contribution in [0.4, 0.5) is 0 Å². The van der Waals surface area contributed by atoms with Gasteiger partial charge < -0.3 is 25.1 Å². The van der Waals surface area contributed by atoms with E-state index in [9.17, 15) is 5.11 Å². The van der Waals surface area contributed by atoms with Crippen molar-refractivity contribution >= 4 is 29.9 Å². The molecule has 0 fully saturated rings. The maximum atomic E-state index is 10.6. The second-order valence-electron chi connectivity index (χ2n) is 6.72. The summed E-state index contributed by atoms with van der Waals surface area (Å²) in [5.41, 5.74) is 0.0927. The molecule has 150 valence electrons. The molecule has 0 saturated carbocycles. The monoisotopic (exact) mass is 486 g/mol. The van der Waals surface area contributed by atoms with Crippen molar-refractivity contribution in [1.29, 1.82) is 0 Å². The van der Waals surface area contributed by atoms with E-state index < -0.39 is 5.60 Å². The Morgan fingerprint density at radius 2 is 1.89 bits per heavy atom. The largest absolute Gasteiger partial charge is 0.466 e. The molecular weight excluding hydrogens is 455 g/mol. The van der Waals surface area contributed by atoms with Gasteiger partial charge in [0, 0.05) is 13.1 Å². The van der Waals surface area contributed by atoms with E-state index in [1.165, 1.54) is 5.56 Å². The molecule has 2 atom stereocenters. The van der Waals surface area contributed by atoms with E-state index in [0.717, 1.165) is 6.54 Å². The number of guanidine groups is 1. The van der Waals surface area contributed by atoms with Crippen LogP contribution in [0.3, 0.4) is 0 Å². The average Bonchev–Trinajstić information content (AvgIpc) is 3.16. The van der Waals surface area contributed by atoms with Crippen molar-refractivity contribution in [3.05, 3.63) is 60.1 Å². The Kier molecular flexibility index (Phi) is 9.82. The molecule has 1 aromatic carbocycles. The zero-order valence-electron chi connectivity index (χ0n) is 16.5. The first-order valence-electron chi connectivity index (χ1n) is 8.94. The number of hydrogen-bond acceptors (Lipinski definition) is 4. The van der Waals surface area contributed by atoms with Gasteiger partial charge in [-0.05, 0) is 45.6 Å². The van der Waals surface area contributed by atoms with Gasteiger partial charge in [0.05, 0.1) is 18.8 Å². The summed E-state index contributed by atoms with van der Waals surface area (Å²) in [7, 11) is 4.12. The van der Waals surface area contributed by atoms with E-state index in [2.05, 4.69) is 46.8 Å². The second kappa shape index (κ2) is 11.3. The standard InChI is InChI=1S/C20H30N4O2.HI/c1-5-21-19(23-15-20(2,25)18-12-9-13-26-18)22-14-17(24(3)4)16-10-7-6-8-11-16;/h6-13,17,25H,5,14-15H2,1-4H3,(H2,21,22,23);1H.